The van der Waals surface area contributed by atoms with Crippen molar-refractivity contribution in [2.24, 2.45) is 5.73 Å². The summed E-state index contributed by atoms with van der Waals surface area (Å²) in [5, 5.41) is 4.34. The van der Waals surface area contributed by atoms with Crippen LogP contribution in [0.15, 0.2) is 30.5 Å². The number of benzene rings is 1. The third kappa shape index (κ3) is 2.88. The lowest BCUT2D eigenvalue weighted by Crippen LogP contribution is -2.22. The number of hydrogen-bond acceptors (Lipinski definition) is 3. The maximum absolute atomic E-state index is 11.8. The topological polar surface area (TPSA) is 64.2 Å². The fourth-order valence-electron chi connectivity index (χ4n) is 2.10. The molecule has 0 saturated carbocycles. The van der Waals surface area contributed by atoms with Crippen LogP contribution in [-0.2, 0) is 6.42 Å². The quantitative estimate of drug-likeness (QED) is 0.914. The van der Waals surface area contributed by atoms with Crippen molar-refractivity contribution in [1.82, 2.24) is 14.7 Å². The van der Waals surface area contributed by atoms with Crippen molar-refractivity contribution >= 4 is 5.91 Å². The molecule has 0 fully saturated rings. The largest absolute Gasteiger partial charge is 0.343 e. The minimum atomic E-state index is -0.0962. The molecular formula is C15H20N4O. The molecule has 0 saturated heterocycles. The van der Waals surface area contributed by atoms with Crippen LogP contribution < -0.4 is 5.73 Å². The molecule has 1 aromatic heterocycles. The van der Waals surface area contributed by atoms with Crippen molar-refractivity contribution in [2.75, 3.05) is 20.6 Å². The third-order valence-electron chi connectivity index (χ3n) is 3.16. The van der Waals surface area contributed by atoms with Crippen LogP contribution in [-0.4, -0.2) is 41.2 Å². The molecule has 1 aromatic carbocycles. The van der Waals surface area contributed by atoms with Crippen molar-refractivity contribution in [3.05, 3.63) is 47.3 Å². The Morgan fingerprint density at radius 3 is 2.70 bits per heavy atom. The number of aryl methyl sites for hydroxylation is 1. The summed E-state index contributed by atoms with van der Waals surface area (Å²) >= 11 is 0. The van der Waals surface area contributed by atoms with E-state index in [9.17, 15) is 4.79 Å². The first kappa shape index (κ1) is 14.3. The maximum atomic E-state index is 11.8. The highest BCUT2D eigenvalue weighted by atomic mass is 16.2. The van der Waals surface area contributed by atoms with Crippen molar-refractivity contribution < 1.29 is 4.79 Å². The van der Waals surface area contributed by atoms with Gasteiger partial charge in [0.05, 0.1) is 5.69 Å². The van der Waals surface area contributed by atoms with E-state index in [0.29, 0.717) is 12.2 Å². The van der Waals surface area contributed by atoms with E-state index in [1.165, 1.54) is 10.5 Å². The standard InChI is InChI=1S/C15H20N4O/c1-11-10-12(6-8-16)4-5-14(11)19-9-7-13(17-19)15(20)18(2)3/h4-5,7,9-10H,6,8,16H2,1-3H3. The van der Waals surface area contributed by atoms with Crippen LogP contribution in [0.5, 0.6) is 0 Å². The molecule has 1 amide bonds. The lowest BCUT2D eigenvalue weighted by atomic mass is 10.1. The van der Waals surface area contributed by atoms with Gasteiger partial charge in [-0.15, -0.1) is 0 Å². The Hall–Kier alpha value is -2.14. The second-order valence-electron chi connectivity index (χ2n) is 5.00. The predicted octanol–water partition coefficient (Wildman–Crippen LogP) is 1.38. The summed E-state index contributed by atoms with van der Waals surface area (Å²) in [6.07, 6.45) is 2.67. The zero-order chi connectivity index (χ0) is 14.7. The molecule has 20 heavy (non-hydrogen) atoms. The number of aromatic nitrogens is 2. The van der Waals surface area contributed by atoms with Gasteiger partial charge in [-0.05, 0) is 43.1 Å². The van der Waals surface area contributed by atoms with Gasteiger partial charge < -0.3 is 10.6 Å². The van der Waals surface area contributed by atoms with Gasteiger partial charge in [-0.25, -0.2) is 4.68 Å². The summed E-state index contributed by atoms with van der Waals surface area (Å²) in [4.78, 5) is 13.4. The molecule has 2 rings (SSSR count). The Kier molecular flexibility index (Phi) is 4.20. The monoisotopic (exact) mass is 272 g/mol. The van der Waals surface area contributed by atoms with E-state index in [-0.39, 0.29) is 5.91 Å². The molecule has 0 atom stereocenters. The highest BCUT2D eigenvalue weighted by molar-refractivity contribution is 5.91. The van der Waals surface area contributed by atoms with Crippen LogP contribution in [0.25, 0.3) is 5.69 Å². The van der Waals surface area contributed by atoms with Crippen molar-refractivity contribution in [2.45, 2.75) is 13.3 Å². The molecular weight excluding hydrogens is 252 g/mol. The van der Waals surface area contributed by atoms with Gasteiger partial charge in [-0.3, -0.25) is 4.79 Å². The smallest absolute Gasteiger partial charge is 0.273 e. The lowest BCUT2D eigenvalue weighted by molar-refractivity contribution is 0.0821. The molecule has 0 aliphatic carbocycles. The van der Waals surface area contributed by atoms with Gasteiger partial charge in [-0.1, -0.05) is 12.1 Å². The summed E-state index contributed by atoms with van der Waals surface area (Å²) in [6, 6.07) is 7.90. The summed E-state index contributed by atoms with van der Waals surface area (Å²) in [5.41, 5.74) is 9.31. The normalized spacial score (nSPS) is 10.6. The second kappa shape index (κ2) is 5.88. The highest BCUT2D eigenvalue weighted by Crippen LogP contribution is 2.16. The van der Waals surface area contributed by atoms with E-state index in [4.69, 9.17) is 5.73 Å². The molecule has 0 bridgehead atoms. The first-order valence-electron chi connectivity index (χ1n) is 6.60. The molecule has 1 heterocycles. The number of nitrogens with two attached hydrogens (primary N) is 1. The number of carbonyl (C=O) groups excluding carboxylic acids is 1. The first-order valence-corrected chi connectivity index (χ1v) is 6.60. The first-order chi connectivity index (χ1) is 9.52. The van der Waals surface area contributed by atoms with Crippen molar-refractivity contribution in [3.63, 3.8) is 0 Å². The van der Waals surface area contributed by atoms with Gasteiger partial charge in [0.1, 0.15) is 0 Å². The molecule has 2 aromatic rings. The third-order valence-corrected chi connectivity index (χ3v) is 3.16. The summed E-state index contributed by atoms with van der Waals surface area (Å²) in [5.74, 6) is -0.0962. The molecule has 5 heteroatoms. The molecule has 0 spiro atoms. The highest BCUT2D eigenvalue weighted by Gasteiger charge is 2.12. The molecule has 0 aliphatic heterocycles. The van der Waals surface area contributed by atoms with Gasteiger partial charge in [0, 0.05) is 20.3 Å². The van der Waals surface area contributed by atoms with E-state index in [0.717, 1.165) is 17.7 Å². The Morgan fingerprint density at radius 1 is 1.35 bits per heavy atom. The summed E-state index contributed by atoms with van der Waals surface area (Å²) in [7, 11) is 3.43. The van der Waals surface area contributed by atoms with Crippen LogP contribution in [0.2, 0.25) is 0 Å². The van der Waals surface area contributed by atoms with Crippen LogP contribution in [0.1, 0.15) is 21.6 Å². The van der Waals surface area contributed by atoms with Gasteiger partial charge >= 0.3 is 0 Å². The van der Waals surface area contributed by atoms with Crippen LogP contribution in [0.3, 0.4) is 0 Å². The Morgan fingerprint density at radius 2 is 2.10 bits per heavy atom. The fourth-order valence-corrected chi connectivity index (χ4v) is 2.10. The van der Waals surface area contributed by atoms with Crippen LogP contribution in [0.4, 0.5) is 0 Å². The van der Waals surface area contributed by atoms with E-state index in [1.807, 2.05) is 25.3 Å². The van der Waals surface area contributed by atoms with Crippen LogP contribution in [0, 0.1) is 6.92 Å². The average molecular weight is 272 g/mol. The zero-order valence-corrected chi connectivity index (χ0v) is 12.1. The molecule has 0 unspecified atom stereocenters. The Bertz CT molecular complexity index is 616. The molecule has 0 radical (unpaired) electrons. The SMILES string of the molecule is Cc1cc(CCN)ccc1-n1ccc(C(=O)N(C)C)n1. The predicted molar refractivity (Wildman–Crippen MR) is 79.1 cm³/mol. The van der Waals surface area contributed by atoms with Gasteiger partial charge in [0.15, 0.2) is 5.69 Å². The average Bonchev–Trinajstić information content (AvgIpc) is 2.87. The number of carbonyl (C=O) groups is 1. The maximum Gasteiger partial charge on any atom is 0.273 e. The number of amides is 1. The van der Waals surface area contributed by atoms with Crippen molar-refractivity contribution in [3.8, 4) is 5.69 Å². The Balaban J connectivity index is 2.30. The molecule has 5 nitrogen and oxygen atoms in total. The molecule has 2 N–H and O–H groups in total. The van der Waals surface area contributed by atoms with Gasteiger partial charge in [0.2, 0.25) is 0 Å². The molecule has 0 aliphatic rings. The number of rotatable bonds is 4. The summed E-state index contributed by atoms with van der Waals surface area (Å²) in [6.45, 7) is 2.67. The zero-order valence-electron chi connectivity index (χ0n) is 12.1. The number of hydrogen-bond donors (Lipinski definition) is 1. The number of nitrogens with zero attached hydrogens (tertiary/aromatic N) is 3. The Labute approximate surface area is 119 Å². The minimum absolute atomic E-state index is 0.0962. The fraction of sp³-hybridized carbons (Fsp3) is 0.333. The van der Waals surface area contributed by atoms with E-state index in [2.05, 4.69) is 11.2 Å². The molecule has 106 valence electrons. The lowest BCUT2D eigenvalue weighted by Gasteiger charge is -2.09. The van der Waals surface area contributed by atoms with E-state index >= 15 is 0 Å². The second-order valence-corrected chi connectivity index (χ2v) is 5.00. The van der Waals surface area contributed by atoms with E-state index < -0.39 is 0 Å². The van der Waals surface area contributed by atoms with Gasteiger partial charge in [-0.2, -0.15) is 5.10 Å². The van der Waals surface area contributed by atoms with Crippen LogP contribution >= 0.6 is 0 Å². The minimum Gasteiger partial charge on any atom is -0.343 e. The van der Waals surface area contributed by atoms with Gasteiger partial charge in [0.25, 0.3) is 5.91 Å². The summed E-state index contributed by atoms with van der Waals surface area (Å²) < 4.78 is 1.73. The van der Waals surface area contributed by atoms with E-state index in [1.54, 1.807) is 24.8 Å². The van der Waals surface area contributed by atoms with Crippen molar-refractivity contribution in [1.29, 1.82) is 0 Å².